The summed E-state index contributed by atoms with van der Waals surface area (Å²) in [7, 11) is 2.17. The third kappa shape index (κ3) is 4.90. The Morgan fingerprint density at radius 3 is 2.59 bits per heavy atom. The van der Waals surface area contributed by atoms with Crippen LogP contribution in [0.5, 0.6) is 0 Å². The topological polar surface area (TPSA) is 101 Å². The second-order valence-corrected chi connectivity index (χ2v) is 8.47. The number of imidazole rings is 1. The predicted octanol–water partition coefficient (Wildman–Crippen LogP) is 4.51. The zero-order valence-corrected chi connectivity index (χ0v) is 18.4. The van der Waals surface area contributed by atoms with E-state index in [2.05, 4.69) is 31.9 Å². The third-order valence-electron chi connectivity index (χ3n) is 5.08. The second kappa shape index (κ2) is 9.80. The summed E-state index contributed by atoms with van der Waals surface area (Å²) in [5.74, 6) is 0.476. The van der Waals surface area contributed by atoms with Gasteiger partial charge in [0.2, 0.25) is 0 Å². The number of benzene rings is 1. The van der Waals surface area contributed by atoms with Crippen molar-refractivity contribution in [3.8, 4) is 32.5 Å². The van der Waals surface area contributed by atoms with Crippen LogP contribution in [0.1, 0.15) is 23.2 Å². The number of hydrogen-bond acceptors (Lipinski definition) is 7. The van der Waals surface area contributed by atoms with Crippen molar-refractivity contribution in [2.45, 2.75) is 12.8 Å². The van der Waals surface area contributed by atoms with Gasteiger partial charge < -0.3 is 15.6 Å². The van der Waals surface area contributed by atoms with Gasteiger partial charge in [-0.15, -0.1) is 11.3 Å². The maximum Gasteiger partial charge on any atom is 0.150 e. The minimum absolute atomic E-state index is 0.241. The first-order valence-corrected chi connectivity index (χ1v) is 11.0. The quantitative estimate of drug-likeness (QED) is 0.444. The fourth-order valence-corrected chi connectivity index (χ4v) is 4.47. The first kappa shape index (κ1) is 21.8. The van der Waals surface area contributed by atoms with Crippen LogP contribution < -0.4 is 5.73 Å². The molecule has 0 saturated carbocycles. The minimum Gasteiger partial charge on any atom is -0.384 e. The van der Waals surface area contributed by atoms with Crippen LogP contribution in [0.3, 0.4) is 0 Å². The number of likely N-dealkylation sites (tertiary alicyclic amines) is 1. The summed E-state index contributed by atoms with van der Waals surface area (Å²) in [6, 6.07) is 7.65. The molecule has 0 bridgehead atoms. The van der Waals surface area contributed by atoms with E-state index in [1.165, 1.54) is 55.5 Å². The van der Waals surface area contributed by atoms with Crippen LogP contribution in [0.4, 0.5) is 10.2 Å². The van der Waals surface area contributed by atoms with Gasteiger partial charge >= 0.3 is 0 Å². The van der Waals surface area contributed by atoms with Crippen molar-refractivity contribution in [3.63, 3.8) is 0 Å². The van der Waals surface area contributed by atoms with Gasteiger partial charge in [0.15, 0.2) is 0 Å². The number of thiazole rings is 1. The van der Waals surface area contributed by atoms with Crippen LogP contribution >= 0.6 is 11.3 Å². The van der Waals surface area contributed by atoms with Crippen molar-refractivity contribution >= 4 is 23.4 Å². The Balaban J connectivity index is 0.000000354. The van der Waals surface area contributed by atoms with Crippen molar-refractivity contribution in [1.29, 1.82) is 0 Å². The van der Waals surface area contributed by atoms with Gasteiger partial charge in [-0.25, -0.2) is 19.3 Å². The second-order valence-electron chi connectivity index (χ2n) is 7.47. The number of carbonyl (C=O) groups is 1. The smallest absolute Gasteiger partial charge is 0.150 e. The van der Waals surface area contributed by atoms with Crippen molar-refractivity contribution in [3.05, 3.63) is 60.3 Å². The number of hydrogen-bond donors (Lipinski definition) is 2. The SMILES string of the molecule is CN1CCCC1.Nc1cc(-c2nc(-c3cc(C=O)ccc3F)c(-c3ncc[nH]3)s2)ccn1. The zero-order valence-electron chi connectivity index (χ0n) is 17.6. The Labute approximate surface area is 189 Å². The molecule has 0 aliphatic carbocycles. The van der Waals surface area contributed by atoms with Crippen molar-refractivity contribution in [1.82, 2.24) is 24.8 Å². The van der Waals surface area contributed by atoms with Gasteiger partial charge in [-0.2, -0.15) is 0 Å². The molecule has 0 atom stereocenters. The molecule has 4 aromatic rings. The monoisotopic (exact) mass is 450 g/mol. The number of carbonyl (C=O) groups excluding carboxylic acids is 1. The molecule has 1 fully saturated rings. The summed E-state index contributed by atoms with van der Waals surface area (Å²) in [5.41, 5.74) is 7.55. The summed E-state index contributed by atoms with van der Waals surface area (Å²) in [6.45, 7) is 2.64. The molecule has 0 amide bonds. The fraction of sp³-hybridized carbons (Fsp3) is 0.217. The first-order valence-electron chi connectivity index (χ1n) is 10.2. The van der Waals surface area contributed by atoms with Gasteiger partial charge in [0.05, 0.1) is 10.6 Å². The molecule has 0 radical (unpaired) electrons. The lowest BCUT2D eigenvalue weighted by Crippen LogP contribution is -2.10. The molecule has 4 heterocycles. The number of aromatic amines is 1. The Morgan fingerprint density at radius 2 is 1.97 bits per heavy atom. The number of nitrogens with zero attached hydrogens (tertiary/aromatic N) is 4. The van der Waals surface area contributed by atoms with E-state index >= 15 is 0 Å². The summed E-state index contributed by atoms with van der Waals surface area (Å²) in [4.78, 5) is 30.0. The third-order valence-corrected chi connectivity index (χ3v) is 6.19. The molecule has 3 aromatic heterocycles. The van der Waals surface area contributed by atoms with Gasteiger partial charge in [-0.3, -0.25) is 4.79 Å². The number of anilines is 1. The van der Waals surface area contributed by atoms with Gasteiger partial charge in [0.25, 0.3) is 0 Å². The molecular formula is C23H23FN6OS. The maximum atomic E-state index is 14.5. The highest BCUT2D eigenvalue weighted by Gasteiger charge is 2.20. The lowest BCUT2D eigenvalue weighted by Gasteiger charge is -2.03. The Bertz CT molecular complexity index is 1200. The van der Waals surface area contributed by atoms with Crippen molar-refractivity contribution in [2.24, 2.45) is 0 Å². The van der Waals surface area contributed by atoms with E-state index in [4.69, 9.17) is 5.73 Å². The molecule has 1 aliphatic heterocycles. The molecule has 1 aliphatic rings. The molecule has 1 aromatic carbocycles. The van der Waals surface area contributed by atoms with Crippen LogP contribution in [0, 0.1) is 5.82 Å². The Kier molecular flexibility index (Phi) is 6.67. The maximum absolute atomic E-state index is 14.5. The molecule has 164 valence electrons. The number of aldehydes is 1. The van der Waals surface area contributed by atoms with E-state index in [-0.39, 0.29) is 5.56 Å². The predicted molar refractivity (Wildman–Crippen MR) is 125 cm³/mol. The van der Waals surface area contributed by atoms with Crippen LogP contribution in [-0.2, 0) is 0 Å². The number of halogens is 1. The molecule has 1 saturated heterocycles. The van der Waals surface area contributed by atoms with Gasteiger partial charge in [-0.05, 0) is 63.3 Å². The summed E-state index contributed by atoms with van der Waals surface area (Å²) >= 11 is 1.35. The van der Waals surface area contributed by atoms with Crippen molar-refractivity contribution < 1.29 is 9.18 Å². The molecular weight excluding hydrogens is 427 g/mol. The highest BCUT2D eigenvalue weighted by molar-refractivity contribution is 7.18. The minimum atomic E-state index is -0.463. The van der Waals surface area contributed by atoms with Crippen LogP contribution in [0.15, 0.2) is 48.9 Å². The van der Waals surface area contributed by atoms with E-state index < -0.39 is 5.82 Å². The van der Waals surface area contributed by atoms with Crippen LogP contribution in [-0.4, -0.2) is 51.3 Å². The lowest BCUT2D eigenvalue weighted by atomic mass is 10.1. The van der Waals surface area contributed by atoms with E-state index in [1.807, 2.05) is 0 Å². The van der Waals surface area contributed by atoms with Gasteiger partial charge in [0, 0.05) is 35.3 Å². The highest BCUT2D eigenvalue weighted by Crippen LogP contribution is 2.40. The van der Waals surface area contributed by atoms with E-state index in [0.717, 1.165) is 5.56 Å². The number of pyridine rings is 1. The number of H-pyrrole nitrogens is 1. The van der Waals surface area contributed by atoms with Crippen LogP contribution in [0.2, 0.25) is 0 Å². The van der Waals surface area contributed by atoms with Crippen molar-refractivity contribution in [2.75, 3.05) is 25.9 Å². The summed E-state index contributed by atoms with van der Waals surface area (Å²) in [5, 5.41) is 0.649. The molecule has 3 N–H and O–H groups in total. The van der Waals surface area contributed by atoms with E-state index in [1.54, 1.807) is 30.7 Å². The summed E-state index contributed by atoms with van der Waals surface area (Å²) < 4.78 is 14.5. The van der Waals surface area contributed by atoms with Gasteiger partial charge in [0.1, 0.15) is 28.8 Å². The van der Waals surface area contributed by atoms with E-state index in [0.29, 0.717) is 39.1 Å². The summed E-state index contributed by atoms with van der Waals surface area (Å²) in [6.07, 6.45) is 8.38. The Hall–Kier alpha value is -3.43. The normalized spacial score (nSPS) is 13.6. The lowest BCUT2D eigenvalue weighted by molar-refractivity contribution is 0.112. The molecule has 32 heavy (non-hydrogen) atoms. The molecule has 7 nitrogen and oxygen atoms in total. The first-order chi connectivity index (χ1) is 15.5. The van der Waals surface area contributed by atoms with Gasteiger partial charge in [-0.1, -0.05) is 0 Å². The molecule has 9 heteroatoms. The van der Waals surface area contributed by atoms with E-state index in [9.17, 15) is 9.18 Å². The fourth-order valence-electron chi connectivity index (χ4n) is 3.43. The average Bonchev–Trinajstić information content (AvgIpc) is 3.56. The Morgan fingerprint density at radius 1 is 1.16 bits per heavy atom. The molecule has 0 spiro atoms. The molecule has 0 unspecified atom stereocenters. The highest BCUT2D eigenvalue weighted by atomic mass is 32.1. The largest absolute Gasteiger partial charge is 0.384 e. The number of rotatable bonds is 4. The number of nitrogen functional groups attached to an aromatic ring is 1. The average molecular weight is 451 g/mol. The number of aromatic nitrogens is 4. The number of nitrogens with one attached hydrogen (secondary N) is 1. The standard InChI is InChI=1S/C18H12FN5OS.C5H11N/c19-13-2-1-10(9-25)7-12(13)15-16(17-22-5-6-23-17)26-18(24-15)11-3-4-21-14(20)8-11;1-6-4-2-3-5-6/h1-9H,(H2,20,21)(H,22,23);2-5H2,1H3. The zero-order chi connectivity index (χ0) is 22.5. The van der Waals surface area contributed by atoms with Crippen LogP contribution in [0.25, 0.3) is 32.5 Å². The number of nitrogens with two attached hydrogens (primary N) is 1. The molecule has 5 rings (SSSR count).